The van der Waals surface area contributed by atoms with E-state index in [0.717, 1.165) is 13.1 Å². The lowest BCUT2D eigenvalue weighted by Crippen LogP contribution is -2.36. The standard InChI is InChI=1S/C15H26N2O2/c1-12(9-17-10-14(19-3)11-18-2)15(16)13-7-5-4-6-8-13/h4-8,12,14-15,17H,9-11,16H2,1-3H3. The summed E-state index contributed by atoms with van der Waals surface area (Å²) in [5, 5.41) is 3.39. The average molecular weight is 266 g/mol. The number of benzene rings is 1. The van der Waals surface area contributed by atoms with Gasteiger partial charge in [-0.15, -0.1) is 0 Å². The molecule has 0 saturated heterocycles. The Balaban J connectivity index is 2.32. The highest BCUT2D eigenvalue weighted by Gasteiger charge is 2.15. The van der Waals surface area contributed by atoms with E-state index in [1.54, 1.807) is 14.2 Å². The molecule has 1 aromatic rings. The SMILES string of the molecule is COCC(CNCC(C)C(N)c1ccccc1)OC. The molecule has 1 rings (SSSR count). The second kappa shape index (κ2) is 9.04. The average Bonchev–Trinajstić information content (AvgIpc) is 2.46. The van der Waals surface area contributed by atoms with E-state index in [4.69, 9.17) is 15.2 Å². The molecule has 3 unspecified atom stereocenters. The zero-order valence-electron chi connectivity index (χ0n) is 12.1. The van der Waals surface area contributed by atoms with Crippen molar-refractivity contribution in [2.45, 2.75) is 19.1 Å². The molecule has 0 aliphatic carbocycles. The highest BCUT2D eigenvalue weighted by molar-refractivity contribution is 5.19. The quantitative estimate of drug-likeness (QED) is 0.712. The summed E-state index contributed by atoms with van der Waals surface area (Å²) in [6.07, 6.45) is 0.0881. The molecule has 1 aromatic carbocycles. The third kappa shape index (κ3) is 5.70. The first kappa shape index (κ1) is 16.1. The van der Waals surface area contributed by atoms with Gasteiger partial charge >= 0.3 is 0 Å². The zero-order valence-corrected chi connectivity index (χ0v) is 12.1. The van der Waals surface area contributed by atoms with E-state index in [0.29, 0.717) is 12.5 Å². The highest BCUT2D eigenvalue weighted by atomic mass is 16.5. The molecule has 0 heterocycles. The highest BCUT2D eigenvalue weighted by Crippen LogP contribution is 2.18. The van der Waals surface area contributed by atoms with E-state index in [-0.39, 0.29) is 12.1 Å². The van der Waals surface area contributed by atoms with Crippen LogP contribution in [0.5, 0.6) is 0 Å². The molecule has 0 aromatic heterocycles. The lowest BCUT2D eigenvalue weighted by molar-refractivity contribution is 0.0284. The van der Waals surface area contributed by atoms with Gasteiger partial charge in [0.25, 0.3) is 0 Å². The van der Waals surface area contributed by atoms with E-state index < -0.39 is 0 Å². The molecule has 0 bridgehead atoms. The second-order valence-corrected chi connectivity index (χ2v) is 4.89. The van der Waals surface area contributed by atoms with Gasteiger partial charge in [0.15, 0.2) is 0 Å². The van der Waals surface area contributed by atoms with Crippen LogP contribution in [0.1, 0.15) is 18.5 Å². The topological polar surface area (TPSA) is 56.5 Å². The molecule has 3 atom stereocenters. The van der Waals surface area contributed by atoms with E-state index in [1.165, 1.54) is 5.56 Å². The van der Waals surface area contributed by atoms with Gasteiger partial charge in [-0.25, -0.2) is 0 Å². The summed E-state index contributed by atoms with van der Waals surface area (Å²) in [5.41, 5.74) is 7.43. The van der Waals surface area contributed by atoms with Crippen molar-refractivity contribution in [3.8, 4) is 0 Å². The summed E-state index contributed by atoms with van der Waals surface area (Å²) >= 11 is 0. The first-order valence-electron chi connectivity index (χ1n) is 6.72. The van der Waals surface area contributed by atoms with E-state index in [1.807, 2.05) is 18.2 Å². The van der Waals surface area contributed by atoms with Crippen molar-refractivity contribution < 1.29 is 9.47 Å². The summed E-state index contributed by atoms with van der Waals surface area (Å²) in [4.78, 5) is 0. The Labute approximate surface area is 116 Å². The van der Waals surface area contributed by atoms with Gasteiger partial charge in [0, 0.05) is 26.8 Å². The largest absolute Gasteiger partial charge is 0.382 e. The zero-order chi connectivity index (χ0) is 14.1. The van der Waals surface area contributed by atoms with Crippen molar-refractivity contribution in [1.29, 1.82) is 0 Å². The molecule has 0 aliphatic rings. The molecule has 0 amide bonds. The summed E-state index contributed by atoms with van der Waals surface area (Å²) in [5.74, 6) is 0.363. The number of rotatable bonds is 9. The maximum Gasteiger partial charge on any atom is 0.0928 e. The molecule has 0 radical (unpaired) electrons. The van der Waals surface area contributed by atoms with Crippen LogP contribution in [0.3, 0.4) is 0 Å². The van der Waals surface area contributed by atoms with Gasteiger partial charge in [0.05, 0.1) is 12.7 Å². The molecular weight excluding hydrogens is 240 g/mol. The molecule has 108 valence electrons. The van der Waals surface area contributed by atoms with Crippen molar-refractivity contribution in [2.24, 2.45) is 11.7 Å². The Morgan fingerprint density at radius 3 is 2.42 bits per heavy atom. The Morgan fingerprint density at radius 1 is 1.16 bits per heavy atom. The Kier molecular flexibility index (Phi) is 7.67. The predicted molar refractivity (Wildman–Crippen MR) is 78.1 cm³/mol. The molecule has 0 aliphatic heterocycles. The van der Waals surface area contributed by atoms with Gasteiger partial charge in [-0.2, -0.15) is 0 Å². The molecule has 0 spiro atoms. The third-order valence-corrected chi connectivity index (χ3v) is 3.32. The smallest absolute Gasteiger partial charge is 0.0928 e. The molecule has 19 heavy (non-hydrogen) atoms. The summed E-state index contributed by atoms with van der Waals surface area (Å²) in [6.45, 7) is 4.39. The van der Waals surface area contributed by atoms with E-state index >= 15 is 0 Å². The number of hydrogen-bond donors (Lipinski definition) is 2. The molecule has 4 nitrogen and oxygen atoms in total. The molecule has 3 N–H and O–H groups in total. The van der Waals surface area contributed by atoms with Gasteiger partial charge in [-0.3, -0.25) is 0 Å². The van der Waals surface area contributed by atoms with Crippen LogP contribution in [0.2, 0.25) is 0 Å². The fourth-order valence-corrected chi connectivity index (χ4v) is 2.00. The monoisotopic (exact) mass is 266 g/mol. The minimum atomic E-state index is 0.0529. The molecule has 4 heteroatoms. The van der Waals surface area contributed by atoms with E-state index in [9.17, 15) is 0 Å². The van der Waals surface area contributed by atoms with Crippen LogP contribution in [-0.2, 0) is 9.47 Å². The van der Waals surface area contributed by atoms with Crippen molar-refractivity contribution in [3.63, 3.8) is 0 Å². The Hall–Kier alpha value is -0.940. The van der Waals surface area contributed by atoms with Crippen molar-refractivity contribution in [1.82, 2.24) is 5.32 Å². The Morgan fingerprint density at radius 2 is 1.84 bits per heavy atom. The van der Waals surface area contributed by atoms with E-state index in [2.05, 4.69) is 24.4 Å². The van der Waals surface area contributed by atoms with Crippen LogP contribution < -0.4 is 11.1 Å². The van der Waals surface area contributed by atoms with Crippen LogP contribution >= 0.6 is 0 Å². The molecule has 0 saturated carbocycles. The first-order valence-corrected chi connectivity index (χ1v) is 6.72. The van der Waals surface area contributed by atoms with Gasteiger partial charge in [0.1, 0.15) is 0 Å². The number of nitrogens with one attached hydrogen (secondary N) is 1. The van der Waals surface area contributed by atoms with Crippen molar-refractivity contribution in [2.75, 3.05) is 33.9 Å². The third-order valence-electron chi connectivity index (χ3n) is 3.32. The fourth-order valence-electron chi connectivity index (χ4n) is 2.00. The van der Waals surface area contributed by atoms with Gasteiger partial charge in [-0.05, 0) is 18.0 Å². The van der Waals surface area contributed by atoms with Crippen molar-refractivity contribution in [3.05, 3.63) is 35.9 Å². The van der Waals surface area contributed by atoms with Crippen LogP contribution in [0.25, 0.3) is 0 Å². The van der Waals surface area contributed by atoms with Gasteiger partial charge in [0.2, 0.25) is 0 Å². The minimum Gasteiger partial charge on any atom is -0.382 e. The van der Waals surface area contributed by atoms with Gasteiger partial charge < -0.3 is 20.5 Å². The number of hydrogen-bond acceptors (Lipinski definition) is 4. The first-order chi connectivity index (χ1) is 9.19. The lowest BCUT2D eigenvalue weighted by atomic mass is 9.95. The Bertz CT molecular complexity index is 332. The van der Waals surface area contributed by atoms with Crippen LogP contribution in [0.4, 0.5) is 0 Å². The van der Waals surface area contributed by atoms with Crippen LogP contribution in [0, 0.1) is 5.92 Å². The number of ether oxygens (including phenoxy) is 2. The normalized spacial score (nSPS) is 16.0. The molecular formula is C15H26N2O2. The summed E-state index contributed by atoms with van der Waals surface area (Å²) in [6, 6.07) is 10.3. The second-order valence-electron chi connectivity index (χ2n) is 4.89. The number of methoxy groups -OCH3 is 2. The van der Waals surface area contributed by atoms with Crippen molar-refractivity contribution >= 4 is 0 Å². The summed E-state index contributed by atoms with van der Waals surface area (Å²) in [7, 11) is 3.38. The van der Waals surface area contributed by atoms with Gasteiger partial charge in [-0.1, -0.05) is 37.3 Å². The van der Waals surface area contributed by atoms with Crippen LogP contribution in [-0.4, -0.2) is 40.0 Å². The molecule has 0 fully saturated rings. The predicted octanol–water partition coefficient (Wildman–Crippen LogP) is 1.57. The fraction of sp³-hybridized carbons (Fsp3) is 0.600. The van der Waals surface area contributed by atoms with Crippen LogP contribution in [0.15, 0.2) is 30.3 Å². The lowest BCUT2D eigenvalue weighted by Gasteiger charge is -2.22. The summed E-state index contributed by atoms with van der Waals surface area (Å²) < 4.78 is 10.4. The maximum absolute atomic E-state index is 6.25. The maximum atomic E-state index is 6.25. The minimum absolute atomic E-state index is 0.0529. The number of nitrogens with two attached hydrogens (primary N) is 1.